The lowest BCUT2D eigenvalue weighted by Gasteiger charge is -2.31. The molecule has 0 aliphatic carbocycles. The van der Waals surface area contributed by atoms with Crippen molar-refractivity contribution < 1.29 is 0 Å². The number of nitrogens with one attached hydrogen (secondary N) is 1. The van der Waals surface area contributed by atoms with E-state index in [1.807, 2.05) is 0 Å². The summed E-state index contributed by atoms with van der Waals surface area (Å²) in [6.07, 6.45) is 1.14. The molecule has 2 atom stereocenters. The first kappa shape index (κ1) is 16.5. The van der Waals surface area contributed by atoms with Crippen molar-refractivity contribution in [3.8, 4) is 0 Å². The Morgan fingerprint density at radius 1 is 1.05 bits per heavy atom. The fourth-order valence-electron chi connectivity index (χ4n) is 2.70. The van der Waals surface area contributed by atoms with Crippen LogP contribution in [0.2, 0.25) is 0 Å². The van der Waals surface area contributed by atoms with Gasteiger partial charge in [-0.1, -0.05) is 74.0 Å². The van der Waals surface area contributed by atoms with Crippen LogP contribution in [0.25, 0.3) is 10.8 Å². The van der Waals surface area contributed by atoms with E-state index in [1.165, 1.54) is 20.8 Å². The summed E-state index contributed by atoms with van der Waals surface area (Å²) in [5.41, 5.74) is 1.73. The van der Waals surface area contributed by atoms with Crippen LogP contribution in [0.1, 0.15) is 45.7 Å². The van der Waals surface area contributed by atoms with Crippen LogP contribution in [0.5, 0.6) is 0 Å². The normalized spacial score (nSPS) is 15.1. The monoisotopic (exact) mass is 347 g/mol. The van der Waals surface area contributed by atoms with Crippen LogP contribution < -0.4 is 5.32 Å². The predicted octanol–water partition coefficient (Wildman–Crippen LogP) is 5.94. The zero-order chi connectivity index (χ0) is 15.6. The molecule has 1 nitrogen and oxygen atoms in total. The van der Waals surface area contributed by atoms with Gasteiger partial charge in [-0.25, -0.2) is 0 Å². The lowest BCUT2D eigenvalue weighted by molar-refractivity contribution is 0.226. The molecular weight excluding hydrogens is 322 g/mol. The summed E-state index contributed by atoms with van der Waals surface area (Å²) >= 11 is 3.66. The van der Waals surface area contributed by atoms with Crippen molar-refractivity contribution in [3.63, 3.8) is 0 Å². The molecule has 0 aliphatic heterocycles. The molecule has 0 bridgehead atoms. The van der Waals surface area contributed by atoms with Crippen molar-refractivity contribution in [2.45, 2.75) is 40.2 Å². The Labute approximate surface area is 137 Å². The van der Waals surface area contributed by atoms with Gasteiger partial charge in [0.25, 0.3) is 0 Å². The number of rotatable bonds is 4. The molecule has 2 aromatic carbocycles. The van der Waals surface area contributed by atoms with Gasteiger partial charge in [-0.05, 0) is 47.2 Å². The minimum absolute atomic E-state index is 0.334. The van der Waals surface area contributed by atoms with E-state index in [9.17, 15) is 0 Å². The third-order valence-electron chi connectivity index (χ3n) is 4.70. The van der Waals surface area contributed by atoms with E-state index in [2.05, 4.69) is 92.4 Å². The average molecular weight is 348 g/mol. The molecule has 0 aliphatic rings. The Balaban J connectivity index is 2.42. The van der Waals surface area contributed by atoms with E-state index in [1.54, 1.807) is 0 Å². The highest BCUT2D eigenvalue weighted by Gasteiger charge is 2.24. The van der Waals surface area contributed by atoms with E-state index in [-0.39, 0.29) is 0 Å². The first-order valence-electron chi connectivity index (χ1n) is 7.69. The van der Waals surface area contributed by atoms with Gasteiger partial charge in [-0.2, -0.15) is 0 Å². The second-order valence-electron chi connectivity index (χ2n) is 7.03. The van der Waals surface area contributed by atoms with Crippen LogP contribution in [0, 0.1) is 11.3 Å². The maximum atomic E-state index is 3.66. The highest BCUT2D eigenvalue weighted by molar-refractivity contribution is 9.10. The van der Waals surface area contributed by atoms with Crippen molar-refractivity contribution in [1.29, 1.82) is 0 Å². The largest absolute Gasteiger partial charge is 0.313 e. The van der Waals surface area contributed by atoms with E-state index in [4.69, 9.17) is 0 Å². The summed E-state index contributed by atoms with van der Waals surface area (Å²) in [4.78, 5) is 0. The van der Waals surface area contributed by atoms with Gasteiger partial charge in [0.1, 0.15) is 0 Å². The molecule has 0 fully saturated rings. The summed E-state index contributed by atoms with van der Waals surface area (Å²) in [6, 6.07) is 13.4. The van der Waals surface area contributed by atoms with Crippen LogP contribution in [-0.2, 0) is 0 Å². The Hall–Kier alpha value is -0.860. The molecule has 0 saturated carbocycles. The summed E-state index contributed by atoms with van der Waals surface area (Å²) in [5, 5.41) is 6.15. The molecule has 0 heterocycles. The molecule has 0 amide bonds. The fourth-order valence-corrected chi connectivity index (χ4v) is 3.17. The van der Waals surface area contributed by atoms with Crippen LogP contribution in [0.4, 0.5) is 0 Å². The molecule has 2 heteroatoms. The lowest BCUT2D eigenvalue weighted by Crippen LogP contribution is -2.25. The quantitative estimate of drug-likeness (QED) is 0.721. The van der Waals surface area contributed by atoms with Crippen molar-refractivity contribution in [2.24, 2.45) is 11.3 Å². The van der Waals surface area contributed by atoms with Crippen LogP contribution in [0.3, 0.4) is 0 Å². The van der Waals surface area contributed by atoms with Gasteiger partial charge in [0, 0.05) is 10.5 Å². The van der Waals surface area contributed by atoms with Gasteiger partial charge in [0.05, 0.1) is 0 Å². The highest BCUT2D eigenvalue weighted by Crippen LogP contribution is 2.36. The van der Waals surface area contributed by atoms with Crippen molar-refractivity contribution in [2.75, 3.05) is 7.05 Å². The Morgan fingerprint density at radius 2 is 1.67 bits per heavy atom. The third-order valence-corrected chi connectivity index (χ3v) is 5.39. The van der Waals surface area contributed by atoms with Crippen molar-refractivity contribution in [1.82, 2.24) is 5.32 Å². The number of hydrogen-bond acceptors (Lipinski definition) is 1. The molecule has 0 radical (unpaired) electrons. The highest BCUT2D eigenvalue weighted by atomic mass is 79.9. The Kier molecular flexibility index (Phi) is 5.11. The number of benzene rings is 2. The minimum Gasteiger partial charge on any atom is -0.313 e. The topological polar surface area (TPSA) is 12.0 Å². The zero-order valence-electron chi connectivity index (χ0n) is 13.7. The predicted molar refractivity (Wildman–Crippen MR) is 96.7 cm³/mol. The lowest BCUT2D eigenvalue weighted by atomic mass is 9.77. The molecular formula is C19H26BrN. The molecule has 1 N–H and O–H groups in total. The van der Waals surface area contributed by atoms with E-state index in [0.29, 0.717) is 17.4 Å². The Bertz CT molecular complexity index is 612. The molecule has 0 spiro atoms. The van der Waals surface area contributed by atoms with Crippen molar-refractivity contribution in [3.05, 3.63) is 46.4 Å². The molecule has 0 saturated heterocycles. The van der Waals surface area contributed by atoms with E-state index < -0.39 is 0 Å². The van der Waals surface area contributed by atoms with Crippen LogP contribution in [-0.4, -0.2) is 7.05 Å². The molecule has 2 rings (SSSR count). The average Bonchev–Trinajstić information content (AvgIpc) is 2.45. The molecule has 2 unspecified atom stereocenters. The minimum atomic E-state index is 0.334. The number of halogens is 1. The summed E-state index contributed by atoms with van der Waals surface area (Å²) < 4.78 is 1.17. The second-order valence-corrected chi connectivity index (χ2v) is 7.88. The zero-order valence-corrected chi connectivity index (χ0v) is 15.3. The van der Waals surface area contributed by atoms with Crippen LogP contribution in [0.15, 0.2) is 40.9 Å². The van der Waals surface area contributed by atoms with Crippen LogP contribution >= 0.6 is 15.9 Å². The SMILES string of the molecule is CNC(CC(C)C(C)(C)C)c1ccc(Br)c2ccccc12. The fraction of sp³-hybridized carbons (Fsp3) is 0.474. The van der Waals surface area contributed by atoms with Gasteiger partial charge in [-0.15, -0.1) is 0 Å². The maximum absolute atomic E-state index is 3.66. The molecule has 2 aromatic rings. The molecule has 114 valence electrons. The third kappa shape index (κ3) is 3.67. The molecule has 21 heavy (non-hydrogen) atoms. The number of fused-ring (bicyclic) bond motifs is 1. The van der Waals surface area contributed by atoms with Gasteiger partial charge >= 0.3 is 0 Å². The van der Waals surface area contributed by atoms with Gasteiger partial charge in [0.2, 0.25) is 0 Å². The summed E-state index contributed by atoms with van der Waals surface area (Å²) in [5.74, 6) is 0.650. The number of hydrogen-bond donors (Lipinski definition) is 1. The standard InChI is InChI=1S/C19H26BrN/c1-13(19(2,3)4)12-18(21-5)16-10-11-17(20)15-9-7-6-8-14(15)16/h6-11,13,18,21H,12H2,1-5H3. The first-order chi connectivity index (χ1) is 9.84. The van der Waals surface area contributed by atoms with Gasteiger partial charge in [-0.3, -0.25) is 0 Å². The Morgan fingerprint density at radius 3 is 2.24 bits per heavy atom. The second kappa shape index (κ2) is 6.50. The van der Waals surface area contributed by atoms with Crippen molar-refractivity contribution >= 4 is 26.7 Å². The van der Waals surface area contributed by atoms with E-state index >= 15 is 0 Å². The first-order valence-corrected chi connectivity index (χ1v) is 8.48. The van der Waals surface area contributed by atoms with Gasteiger partial charge < -0.3 is 5.32 Å². The smallest absolute Gasteiger partial charge is 0.0326 e. The molecule has 0 aromatic heterocycles. The van der Waals surface area contributed by atoms with E-state index in [0.717, 1.165) is 6.42 Å². The summed E-state index contributed by atoms with van der Waals surface area (Å²) in [6.45, 7) is 9.32. The van der Waals surface area contributed by atoms with Gasteiger partial charge in [0.15, 0.2) is 0 Å². The maximum Gasteiger partial charge on any atom is 0.0326 e. The summed E-state index contributed by atoms with van der Waals surface area (Å²) in [7, 11) is 2.07.